The lowest BCUT2D eigenvalue weighted by Crippen LogP contribution is -1.95. The first-order chi connectivity index (χ1) is 23.8. The molecule has 0 bridgehead atoms. The van der Waals surface area contributed by atoms with Crippen LogP contribution in [-0.2, 0) is 9.59 Å². The summed E-state index contributed by atoms with van der Waals surface area (Å²) in [5.74, 6) is 0. The van der Waals surface area contributed by atoms with Gasteiger partial charge in [0, 0.05) is 32.0 Å². The number of carbonyl (C=O) groups excluding carboxylic acids is 2. The van der Waals surface area contributed by atoms with Crippen molar-refractivity contribution in [2.24, 2.45) is 0 Å². The first kappa shape index (κ1) is 42.7. The molecule has 5 rings (SSSR count). The fourth-order valence-corrected chi connectivity index (χ4v) is 25.9. The third-order valence-corrected chi connectivity index (χ3v) is 28.4. The first-order valence-electron chi connectivity index (χ1n) is 13.5. The second-order valence-electron chi connectivity index (χ2n) is 8.88. The molecule has 0 fully saturated rings. The van der Waals surface area contributed by atoms with E-state index in [2.05, 4.69) is 62.2 Å². The van der Waals surface area contributed by atoms with Crippen molar-refractivity contribution >= 4 is 223 Å². The van der Waals surface area contributed by atoms with E-state index in [9.17, 15) is 9.59 Å². The van der Waals surface area contributed by atoms with Gasteiger partial charge in [0.25, 0.3) is 0 Å². The molecule has 0 atom stereocenters. The lowest BCUT2D eigenvalue weighted by molar-refractivity contribution is -0.105. The van der Waals surface area contributed by atoms with Crippen LogP contribution in [0.2, 0.25) is 0 Å². The van der Waals surface area contributed by atoms with Crippen molar-refractivity contribution in [3.8, 4) is 0 Å². The summed E-state index contributed by atoms with van der Waals surface area (Å²) in [7, 11) is 0. The van der Waals surface area contributed by atoms with Crippen LogP contribution in [-0.4, -0.2) is 62.6 Å². The zero-order chi connectivity index (χ0) is 35.2. The van der Waals surface area contributed by atoms with Crippen molar-refractivity contribution in [2.75, 3.05) is 50.0 Å². The Morgan fingerprint density at radius 1 is 0.408 bits per heavy atom. The van der Waals surface area contributed by atoms with E-state index in [1.165, 1.54) is 33.9 Å². The van der Waals surface area contributed by atoms with Gasteiger partial charge in [0.15, 0.2) is 12.6 Å². The van der Waals surface area contributed by atoms with Gasteiger partial charge in [0.2, 0.25) is 0 Å². The molecule has 2 nitrogen and oxygen atoms in total. The van der Waals surface area contributed by atoms with Gasteiger partial charge in [-0.1, -0.05) is 94.1 Å². The molecule has 0 aromatic carbocycles. The Morgan fingerprint density at radius 3 is 0.837 bits per heavy atom. The molecule has 1 aromatic rings. The maximum Gasteiger partial charge on any atom is 0.152 e. The highest BCUT2D eigenvalue weighted by Gasteiger charge is 2.34. The molecule has 49 heavy (non-hydrogen) atoms. The third kappa shape index (κ3) is 9.58. The molecule has 0 saturated carbocycles. The van der Waals surface area contributed by atoms with Crippen molar-refractivity contribution in [1.29, 1.82) is 0 Å². The minimum atomic E-state index is 0.737. The largest absolute Gasteiger partial charge is 0.298 e. The molecule has 4 aliphatic rings. The van der Waals surface area contributed by atoms with Gasteiger partial charge in [-0.25, -0.2) is 0 Å². The Kier molecular flexibility index (Phi) is 18.0. The standard InChI is InChI=1S/C30H28O2S17/c1-33-23-24(34-2)43-19(42-23)13(11-31)17(21-46-27(37-5)28(38-6)47-21)15-9-10-16(41-15)18(22-48-29(39-7)30(40-8)49-22)14(12-32)20-44-25(35-3)26(36-4)45-20/h9-12H,1-8H3. The molecule has 0 radical (unpaired) electrons. The molecule has 0 aliphatic carbocycles. The minimum Gasteiger partial charge on any atom is -0.298 e. The van der Waals surface area contributed by atoms with Crippen LogP contribution in [0.5, 0.6) is 0 Å². The monoisotopic (exact) mass is 964 g/mol. The average Bonchev–Trinajstić information content (AvgIpc) is 3.97. The molecule has 262 valence electrons. The molecule has 0 N–H and O–H groups in total. The smallest absolute Gasteiger partial charge is 0.152 e. The molecule has 0 saturated heterocycles. The van der Waals surface area contributed by atoms with Gasteiger partial charge >= 0.3 is 0 Å². The number of aldehydes is 2. The third-order valence-electron chi connectivity index (χ3n) is 6.35. The molecule has 0 spiro atoms. The summed E-state index contributed by atoms with van der Waals surface area (Å²) < 4.78 is 14.3. The first-order valence-corrected chi connectivity index (χ1v) is 30.7. The molecule has 0 unspecified atom stereocenters. The van der Waals surface area contributed by atoms with Crippen LogP contribution in [0, 0.1) is 0 Å². The minimum absolute atomic E-state index is 0.737. The Labute approximate surface area is 361 Å². The van der Waals surface area contributed by atoms with Gasteiger partial charge in [-0.3, -0.25) is 9.59 Å². The van der Waals surface area contributed by atoms with Crippen molar-refractivity contribution in [1.82, 2.24) is 0 Å². The van der Waals surface area contributed by atoms with Crippen LogP contribution in [0.1, 0.15) is 9.75 Å². The van der Waals surface area contributed by atoms with Crippen LogP contribution in [0.15, 0.2) is 74.1 Å². The molecule has 19 heteroatoms. The summed E-state index contributed by atoms with van der Waals surface area (Å²) in [5.41, 5.74) is 3.45. The molecular formula is C30H28O2S17. The Hall–Kier alpha value is 2.56. The summed E-state index contributed by atoms with van der Waals surface area (Å²) in [6, 6.07) is 4.33. The normalized spacial score (nSPS) is 18.3. The second-order valence-corrected chi connectivity index (χ2v) is 27.8. The van der Waals surface area contributed by atoms with E-state index in [0.717, 1.165) is 61.6 Å². The predicted molar refractivity (Wildman–Crippen MR) is 261 cm³/mol. The van der Waals surface area contributed by atoms with E-state index < -0.39 is 0 Å². The highest BCUT2D eigenvalue weighted by Crippen LogP contribution is 2.65. The number of hydrogen-bond acceptors (Lipinski definition) is 19. The summed E-state index contributed by atoms with van der Waals surface area (Å²) in [4.78, 5) is 28.5. The maximum absolute atomic E-state index is 13.2. The zero-order valence-corrected chi connectivity index (χ0v) is 40.9. The van der Waals surface area contributed by atoms with Crippen molar-refractivity contribution < 1.29 is 9.59 Å². The van der Waals surface area contributed by atoms with Gasteiger partial charge in [-0.2, -0.15) is 0 Å². The topological polar surface area (TPSA) is 34.1 Å². The Balaban J connectivity index is 1.70. The van der Waals surface area contributed by atoms with Gasteiger partial charge in [0.05, 0.1) is 50.8 Å². The number of hydrogen-bond donors (Lipinski definition) is 0. The fourth-order valence-electron chi connectivity index (χ4n) is 4.23. The molecule has 1 aromatic heterocycles. The summed E-state index contributed by atoms with van der Waals surface area (Å²) in [6.07, 6.45) is 19.0. The van der Waals surface area contributed by atoms with E-state index in [0.29, 0.717) is 0 Å². The van der Waals surface area contributed by atoms with Gasteiger partial charge < -0.3 is 0 Å². The Morgan fingerprint density at radius 2 is 0.633 bits per heavy atom. The number of thiophene rings is 1. The van der Waals surface area contributed by atoms with Crippen molar-refractivity contribution in [3.05, 3.63) is 83.9 Å². The number of allylic oxidation sites excluding steroid dienone is 4. The quantitative estimate of drug-likeness (QED) is 0.131. The molecule has 0 amide bonds. The number of thioether (sulfide) groups is 16. The lowest BCUT2D eigenvalue weighted by Gasteiger charge is -2.13. The van der Waals surface area contributed by atoms with Gasteiger partial charge in [-0.05, 0) is 62.2 Å². The summed E-state index contributed by atoms with van der Waals surface area (Å²) in [6.45, 7) is 0. The van der Waals surface area contributed by atoms with E-state index in [4.69, 9.17) is 0 Å². The number of carbonyl (C=O) groups is 2. The number of rotatable bonds is 14. The van der Waals surface area contributed by atoms with Crippen LogP contribution < -0.4 is 0 Å². The van der Waals surface area contributed by atoms with Crippen LogP contribution >= 0.6 is 200 Å². The highest BCUT2D eigenvalue weighted by molar-refractivity contribution is 8.42. The van der Waals surface area contributed by atoms with Crippen LogP contribution in [0.4, 0.5) is 0 Å². The van der Waals surface area contributed by atoms with E-state index in [1.54, 1.807) is 200 Å². The van der Waals surface area contributed by atoms with Gasteiger partial charge in [-0.15, -0.1) is 105 Å². The summed E-state index contributed by atoms with van der Waals surface area (Å²) in [5, 5.41) is 0. The second kappa shape index (κ2) is 20.6. The SMILES string of the molecule is CSC1=C(SC)SC(=C(C=O)C(=C2SC(SC)=C(SC)S2)c2ccc(C(=C3SC(SC)=C(SC)S3)C(C=O)=C3SC(SC)=C(SC)S3)s2)S1. The molecular weight excluding hydrogens is 937 g/mol. The average molecular weight is 966 g/mol. The lowest BCUT2D eigenvalue weighted by atomic mass is 10.1. The maximum atomic E-state index is 13.2. The van der Waals surface area contributed by atoms with E-state index >= 15 is 0 Å². The molecule has 5 heterocycles. The van der Waals surface area contributed by atoms with Crippen molar-refractivity contribution in [2.45, 2.75) is 0 Å². The Bertz CT molecular complexity index is 1590. The highest BCUT2D eigenvalue weighted by atomic mass is 32.3. The van der Waals surface area contributed by atoms with Gasteiger partial charge in [0.1, 0.15) is 0 Å². The van der Waals surface area contributed by atoms with E-state index in [-0.39, 0.29) is 0 Å². The summed E-state index contributed by atoms with van der Waals surface area (Å²) >= 11 is 29.6. The van der Waals surface area contributed by atoms with E-state index in [1.807, 2.05) is 0 Å². The molecule has 4 aliphatic heterocycles. The van der Waals surface area contributed by atoms with Crippen molar-refractivity contribution in [3.63, 3.8) is 0 Å². The van der Waals surface area contributed by atoms with Crippen LogP contribution in [0.25, 0.3) is 11.1 Å². The fraction of sp³-hybridized carbons (Fsp3) is 0.267. The van der Waals surface area contributed by atoms with Crippen LogP contribution in [0.3, 0.4) is 0 Å². The predicted octanol–water partition coefficient (Wildman–Crippen LogP) is 15.2. The zero-order valence-electron chi connectivity index (χ0n) is 27.1.